The number of hydrogen-bond donors (Lipinski definition) is 1. The minimum atomic E-state index is 0.312. The monoisotopic (exact) mass is 235 g/mol. The van der Waals surface area contributed by atoms with Crippen LogP contribution in [0.1, 0.15) is 51.6 Å². The maximum Gasteiger partial charge on any atom is 0.0492 e. The number of nitrogens with two attached hydrogens (primary N) is 1. The lowest BCUT2D eigenvalue weighted by Crippen LogP contribution is -2.37. The molecule has 1 aromatic heterocycles. The average Bonchev–Trinajstić information content (AvgIpc) is 2.77. The zero-order valence-electron chi connectivity index (χ0n) is 11.3. The predicted molar refractivity (Wildman–Crippen MR) is 70.8 cm³/mol. The first-order valence-electron chi connectivity index (χ1n) is 6.90. The molecule has 3 unspecified atom stereocenters. The molecule has 1 aliphatic carbocycles. The first kappa shape index (κ1) is 12.6. The van der Waals surface area contributed by atoms with E-state index in [0.717, 1.165) is 24.8 Å². The van der Waals surface area contributed by atoms with Crippen LogP contribution in [-0.4, -0.2) is 15.8 Å². The summed E-state index contributed by atoms with van der Waals surface area (Å²) in [5, 5.41) is 4.38. The molecule has 2 N–H and O–H groups in total. The zero-order chi connectivity index (χ0) is 12.4. The Hall–Kier alpha value is -0.830. The number of rotatable bonds is 3. The minimum Gasteiger partial charge on any atom is -0.327 e. The number of aromatic nitrogens is 2. The van der Waals surface area contributed by atoms with Crippen molar-refractivity contribution in [2.45, 2.75) is 58.5 Å². The molecule has 0 radical (unpaired) electrons. The Morgan fingerprint density at radius 3 is 2.88 bits per heavy atom. The van der Waals surface area contributed by atoms with Gasteiger partial charge in [-0.05, 0) is 44.1 Å². The first-order chi connectivity index (χ1) is 8.13. The lowest BCUT2D eigenvalue weighted by molar-refractivity contribution is 0.226. The Morgan fingerprint density at radius 2 is 2.24 bits per heavy atom. The molecule has 1 heterocycles. The molecule has 2 rings (SSSR count). The van der Waals surface area contributed by atoms with E-state index in [1.54, 1.807) is 0 Å². The van der Waals surface area contributed by atoms with Crippen LogP contribution in [-0.2, 0) is 6.54 Å². The van der Waals surface area contributed by atoms with Crippen LogP contribution < -0.4 is 5.73 Å². The molecular weight excluding hydrogens is 210 g/mol. The third kappa shape index (κ3) is 2.54. The lowest BCUT2D eigenvalue weighted by atomic mass is 9.73. The summed E-state index contributed by atoms with van der Waals surface area (Å²) in [6.07, 6.45) is 5.58. The summed E-state index contributed by atoms with van der Waals surface area (Å²) in [5.74, 6) is 2.08. The molecule has 3 nitrogen and oxygen atoms in total. The second-order valence-corrected chi connectivity index (χ2v) is 5.66. The Labute approximate surface area is 104 Å². The van der Waals surface area contributed by atoms with Crippen molar-refractivity contribution >= 4 is 0 Å². The van der Waals surface area contributed by atoms with Crippen molar-refractivity contribution in [3.63, 3.8) is 0 Å². The van der Waals surface area contributed by atoms with Gasteiger partial charge in [0.05, 0.1) is 0 Å². The van der Waals surface area contributed by atoms with Crippen molar-refractivity contribution in [2.75, 3.05) is 0 Å². The Morgan fingerprint density at radius 1 is 1.47 bits per heavy atom. The van der Waals surface area contributed by atoms with Crippen LogP contribution in [0, 0.1) is 11.8 Å². The molecule has 96 valence electrons. The summed E-state index contributed by atoms with van der Waals surface area (Å²) in [5.41, 5.74) is 7.65. The van der Waals surface area contributed by atoms with Crippen LogP contribution in [0.2, 0.25) is 0 Å². The maximum absolute atomic E-state index is 6.32. The van der Waals surface area contributed by atoms with Crippen LogP contribution in [0.15, 0.2) is 12.3 Å². The van der Waals surface area contributed by atoms with E-state index in [0.29, 0.717) is 12.0 Å². The highest BCUT2D eigenvalue weighted by molar-refractivity contribution is 5.12. The summed E-state index contributed by atoms with van der Waals surface area (Å²) >= 11 is 0. The summed E-state index contributed by atoms with van der Waals surface area (Å²) in [7, 11) is 0. The minimum absolute atomic E-state index is 0.312. The van der Waals surface area contributed by atoms with Crippen LogP contribution in [0.3, 0.4) is 0 Å². The molecule has 1 fully saturated rings. The lowest BCUT2D eigenvalue weighted by Gasteiger charge is -2.36. The zero-order valence-corrected chi connectivity index (χ0v) is 11.3. The molecule has 17 heavy (non-hydrogen) atoms. The Kier molecular flexibility index (Phi) is 3.87. The average molecular weight is 235 g/mol. The van der Waals surface area contributed by atoms with Crippen molar-refractivity contribution in [3.8, 4) is 0 Å². The van der Waals surface area contributed by atoms with E-state index >= 15 is 0 Å². The van der Waals surface area contributed by atoms with Gasteiger partial charge in [0, 0.05) is 30.4 Å². The van der Waals surface area contributed by atoms with Crippen LogP contribution in [0.25, 0.3) is 0 Å². The van der Waals surface area contributed by atoms with E-state index in [2.05, 4.69) is 36.6 Å². The van der Waals surface area contributed by atoms with Crippen molar-refractivity contribution in [1.29, 1.82) is 0 Å². The molecule has 0 bridgehead atoms. The van der Waals surface area contributed by atoms with Gasteiger partial charge in [-0.25, -0.2) is 0 Å². The third-order valence-electron chi connectivity index (χ3n) is 4.32. The highest BCUT2D eigenvalue weighted by Crippen LogP contribution is 2.38. The fourth-order valence-electron chi connectivity index (χ4n) is 3.09. The number of aryl methyl sites for hydroxylation is 1. The van der Waals surface area contributed by atoms with E-state index in [-0.39, 0.29) is 0 Å². The van der Waals surface area contributed by atoms with Crippen molar-refractivity contribution in [1.82, 2.24) is 9.78 Å². The molecule has 1 saturated carbocycles. The topological polar surface area (TPSA) is 43.8 Å². The molecule has 0 amide bonds. The van der Waals surface area contributed by atoms with Gasteiger partial charge in [0.1, 0.15) is 0 Å². The second kappa shape index (κ2) is 5.21. The van der Waals surface area contributed by atoms with Gasteiger partial charge in [-0.2, -0.15) is 5.10 Å². The first-order valence-corrected chi connectivity index (χ1v) is 6.90. The van der Waals surface area contributed by atoms with Gasteiger partial charge in [-0.3, -0.25) is 4.68 Å². The molecule has 1 aromatic rings. The Bertz CT molecular complexity index is 356. The summed E-state index contributed by atoms with van der Waals surface area (Å²) < 4.78 is 2.10. The molecule has 0 aliphatic heterocycles. The van der Waals surface area contributed by atoms with Gasteiger partial charge >= 0.3 is 0 Å². The number of hydrogen-bond acceptors (Lipinski definition) is 2. The highest BCUT2D eigenvalue weighted by atomic mass is 15.3. The fraction of sp³-hybridized carbons (Fsp3) is 0.786. The SMILES string of the molecule is CCn1nccc1C1CC(C(C)C)CCC1N. The van der Waals surface area contributed by atoms with Crippen molar-refractivity contribution in [2.24, 2.45) is 17.6 Å². The molecule has 1 aliphatic rings. The van der Waals surface area contributed by atoms with Gasteiger partial charge in [0.25, 0.3) is 0 Å². The summed E-state index contributed by atoms with van der Waals surface area (Å²) in [6, 6.07) is 2.46. The van der Waals surface area contributed by atoms with E-state index in [1.165, 1.54) is 18.5 Å². The van der Waals surface area contributed by atoms with E-state index < -0.39 is 0 Å². The van der Waals surface area contributed by atoms with Crippen LogP contribution in [0.4, 0.5) is 0 Å². The molecule has 3 atom stereocenters. The largest absolute Gasteiger partial charge is 0.327 e. The molecule has 0 saturated heterocycles. The third-order valence-corrected chi connectivity index (χ3v) is 4.32. The molecule has 0 aromatic carbocycles. The summed E-state index contributed by atoms with van der Waals surface area (Å²) in [6.45, 7) is 7.74. The van der Waals surface area contributed by atoms with Gasteiger partial charge in [-0.15, -0.1) is 0 Å². The second-order valence-electron chi connectivity index (χ2n) is 5.66. The quantitative estimate of drug-likeness (QED) is 0.875. The maximum atomic E-state index is 6.32. The van der Waals surface area contributed by atoms with Gasteiger partial charge in [0.15, 0.2) is 0 Å². The van der Waals surface area contributed by atoms with Crippen molar-refractivity contribution < 1.29 is 0 Å². The predicted octanol–water partition coefficient (Wildman–Crippen LogP) is 2.77. The molecular formula is C14H25N3. The molecule has 0 spiro atoms. The van der Waals surface area contributed by atoms with Gasteiger partial charge < -0.3 is 5.73 Å². The van der Waals surface area contributed by atoms with E-state index in [9.17, 15) is 0 Å². The normalized spacial score (nSPS) is 29.8. The standard InChI is InChI=1S/C14H25N3/c1-4-17-14(7-8-16-17)12-9-11(10(2)3)5-6-13(12)15/h7-8,10-13H,4-6,9,15H2,1-3H3. The highest BCUT2D eigenvalue weighted by Gasteiger charge is 2.32. The van der Waals surface area contributed by atoms with Crippen molar-refractivity contribution in [3.05, 3.63) is 18.0 Å². The van der Waals surface area contributed by atoms with E-state index in [1.807, 2.05) is 6.20 Å². The molecule has 3 heteroatoms. The summed E-state index contributed by atoms with van der Waals surface area (Å²) in [4.78, 5) is 0. The smallest absolute Gasteiger partial charge is 0.0492 e. The van der Waals surface area contributed by atoms with E-state index in [4.69, 9.17) is 5.73 Å². The van der Waals surface area contributed by atoms with Gasteiger partial charge in [-0.1, -0.05) is 13.8 Å². The van der Waals surface area contributed by atoms with Crippen LogP contribution >= 0.6 is 0 Å². The Balaban J connectivity index is 2.18. The number of nitrogens with zero attached hydrogens (tertiary/aromatic N) is 2. The van der Waals surface area contributed by atoms with Crippen LogP contribution in [0.5, 0.6) is 0 Å². The van der Waals surface area contributed by atoms with Gasteiger partial charge in [0.2, 0.25) is 0 Å². The fourth-order valence-corrected chi connectivity index (χ4v) is 3.09.